The number of carboxylic acids is 1. The van der Waals surface area contributed by atoms with Crippen LogP contribution in [0.2, 0.25) is 0 Å². The molecule has 108 valence electrons. The molecule has 7 nitrogen and oxygen atoms in total. The highest BCUT2D eigenvalue weighted by molar-refractivity contribution is 9.10. The molecule has 1 aromatic carbocycles. The molecule has 0 bridgehead atoms. The monoisotopic (exact) mass is 363 g/mol. The minimum Gasteiger partial charge on any atom is -0.478 e. The number of hydrogen-bond donors (Lipinski definition) is 2. The zero-order valence-corrected chi connectivity index (χ0v) is 12.4. The molecule has 1 saturated heterocycles. The van der Waals surface area contributed by atoms with Crippen LogP contribution in [0.5, 0.6) is 0 Å². The molecular weight excluding hydrogens is 354 g/mol. The Morgan fingerprint density at radius 2 is 2.15 bits per heavy atom. The standard InChI is InChI=1S/C11H10BrNO6S/c12-7-2-1-6(10(14)15)5-9(7)20(17,18)13-8-3-4-19-11(8)16/h1-2,5,8,13H,3-4H2,(H,14,15). The number of rotatable bonds is 4. The van der Waals surface area contributed by atoms with Crippen LogP contribution in [0.25, 0.3) is 0 Å². The van der Waals surface area contributed by atoms with Crippen LogP contribution in [0.4, 0.5) is 0 Å². The normalized spacial score (nSPS) is 18.9. The van der Waals surface area contributed by atoms with Crippen molar-refractivity contribution in [2.24, 2.45) is 0 Å². The smallest absolute Gasteiger partial charge is 0.335 e. The van der Waals surface area contributed by atoms with E-state index in [1.54, 1.807) is 0 Å². The van der Waals surface area contributed by atoms with Gasteiger partial charge in [0, 0.05) is 10.9 Å². The SMILES string of the molecule is O=C(O)c1ccc(Br)c(S(=O)(=O)NC2CCOC2=O)c1. The maximum Gasteiger partial charge on any atom is 0.335 e. The predicted octanol–water partition coefficient (Wildman–Crippen LogP) is 0.741. The molecule has 20 heavy (non-hydrogen) atoms. The molecule has 2 rings (SSSR count). The molecule has 2 N–H and O–H groups in total. The van der Waals surface area contributed by atoms with Gasteiger partial charge in [0.25, 0.3) is 0 Å². The van der Waals surface area contributed by atoms with Crippen molar-refractivity contribution in [3.05, 3.63) is 28.2 Å². The van der Waals surface area contributed by atoms with Crippen molar-refractivity contribution in [2.45, 2.75) is 17.4 Å². The molecular formula is C11H10BrNO6S. The Kier molecular flexibility index (Phi) is 4.11. The predicted molar refractivity (Wildman–Crippen MR) is 70.8 cm³/mol. The first-order chi connectivity index (χ1) is 9.31. The summed E-state index contributed by atoms with van der Waals surface area (Å²) in [6, 6.07) is 2.68. The number of cyclic esters (lactones) is 1. The first kappa shape index (κ1) is 14.9. The molecule has 0 radical (unpaired) electrons. The van der Waals surface area contributed by atoms with Crippen LogP contribution in [0.1, 0.15) is 16.8 Å². The lowest BCUT2D eigenvalue weighted by atomic mass is 10.2. The summed E-state index contributed by atoms with van der Waals surface area (Å²) in [7, 11) is -4.02. The van der Waals surface area contributed by atoms with Gasteiger partial charge in [0.1, 0.15) is 6.04 Å². The van der Waals surface area contributed by atoms with Crippen molar-refractivity contribution in [3.63, 3.8) is 0 Å². The Hall–Kier alpha value is -1.45. The lowest BCUT2D eigenvalue weighted by molar-refractivity contribution is -0.139. The average molecular weight is 364 g/mol. The first-order valence-corrected chi connectivity index (χ1v) is 7.81. The van der Waals surface area contributed by atoms with Gasteiger partial charge in [0.05, 0.1) is 17.1 Å². The van der Waals surface area contributed by atoms with Gasteiger partial charge in [-0.15, -0.1) is 0 Å². The number of carbonyl (C=O) groups excluding carboxylic acids is 1. The molecule has 0 saturated carbocycles. The summed E-state index contributed by atoms with van der Waals surface area (Å²) in [5.74, 6) is -1.88. The van der Waals surface area contributed by atoms with Crippen molar-refractivity contribution in [2.75, 3.05) is 6.61 Å². The Morgan fingerprint density at radius 1 is 1.45 bits per heavy atom. The van der Waals surface area contributed by atoms with Gasteiger partial charge in [-0.05, 0) is 34.1 Å². The molecule has 1 aliphatic rings. The summed E-state index contributed by atoms with van der Waals surface area (Å²) >= 11 is 3.05. The second-order valence-corrected chi connectivity index (χ2v) is 6.62. The fourth-order valence-electron chi connectivity index (χ4n) is 1.70. The summed E-state index contributed by atoms with van der Waals surface area (Å²) in [5, 5.41) is 8.89. The molecule has 0 amide bonds. The van der Waals surface area contributed by atoms with Crippen molar-refractivity contribution in [1.29, 1.82) is 0 Å². The van der Waals surface area contributed by atoms with Crippen LogP contribution in [-0.4, -0.2) is 38.1 Å². The lowest BCUT2D eigenvalue weighted by Crippen LogP contribution is -2.38. The Bertz CT molecular complexity index is 671. The zero-order valence-electron chi connectivity index (χ0n) is 10.00. The largest absolute Gasteiger partial charge is 0.478 e. The number of sulfonamides is 1. The van der Waals surface area contributed by atoms with Crippen molar-refractivity contribution in [3.8, 4) is 0 Å². The van der Waals surface area contributed by atoms with Gasteiger partial charge in [0.2, 0.25) is 10.0 Å². The quantitative estimate of drug-likeness (QED) is 0.763. The molecule has 9 heteroatoms. The van der Waals surface area contributed by atoms with E-state index >= 15 is 0 Å². The summed E-state index contributed by atoms with van der Waals surface area (Å²) < 4.78 is 31.5. The van der Waals surface area contributed by atoms with E-state index < -0.39 is 28.0 Å². The van der Waals surface area contributed by atoms with Crippen molar-refractivity contribution in [1.82, 2.24) is 4.72 Å². The third-order valence-electron chi connectivity index (χ3n) is 2.70. The number of hydrogen-bond acceptors (Lipinski definition) is 5. The number of ether oxygens (including phenoxy) is 1. The first-order valence-electron chi connectivity index (χ1n) is 5.53. The van der Waals surface area contributed by atoms with E-state index in [0.717, 1.165) is 6.07 Å². The summed E-state index contributed by atoms with van der Waals surface area (Å²) in [6.07, 6.45) is 0.244. The Balaban J connectivity index is 2.36. The molecule has 1 unspecified atom stereocenters. The highest BCUT2D eigenvalue weighted by Gasteiger charge is 2.32. The van der Waals surface area contributed by atoms with Crippen LogP contribution in [0.3, 0.4) is 0 Å². The highest BCUT2D eigenvalue weighted by Crippen LogP contribution is 2.24. The van der Waals surface area contributed by atoms with Crippen LogP contribution in [0.15, 0.2) is 27.6 Å². The Morgan fingerprint density at radius 3 is 2.70 bits per heavy atom. The van der Waals surface area contributed by atoms with Gasteiger partial charge >= 0.3 is 11.9 Å². The zero-order chi connectivity index (χ0) is 14.9. The van der Waals surface area contributed by atoms with Gasteiger partial charge in [-0.3, -0.25) is 4.79 Å². The summed E-state index contributed by atoms with van der Waals surface area (Å²) in [6.45, 7) is 0.155. The van der Waals surface area contributed by atoms with Crippen LogP contribution >= 0.6 is 15.9 Å². The molecule has 1 fully saturated rings. The maximum atomic E-state index is 12.2. The van der Waals surface area contributed by atoms with Crippen LogP contribution in [-0.2, 0) is 19.6 Å². The number of esters is 1. The van der Waals surface area contributed by atoms with Crippen LogP contribution in [0, 0.1) is 0 Å². The molecule has 1 aliphatic heterocycles. The van der Waals surface area contributed by atoms with Crippen molar-refractivity contribution >= 4 is 37.9 Å². The molecule has 0 aromatic heterocycles. The molecule has 1 aromatic rings. The van der Waals surface area contributed by atoms with Crippen molar-refractivity contribution < 1.29 is 27.9 Å². The third kappa shape index (κ3) is 3.00. The fraction of sp³-hybridized carbons (Fsp3) is 0.273. The van der Waals surface area contributed by atoms with E-state index in [4.69, 9.17) is 5.11 Å². The number of aromatic carboxylic acids is 1. The topological polar surface area (TPSA) is 110 Å². The number of benzene rings is 1. The minimum atomic E-state index is -4.02. The second kappa shape index (κ2) is 5.51. The van der Waals surface area contributed by atoms with Gasteiger partial charge < -0.3 is 9.84 Å². The lowest BCUT2D eigenvalue weighted by Gasteiger charge is -2.11. The number of nitrogens with one attached hydrogen (secondary N) is 1. The Labute approximate surface area is 123 Å². The maximum absolute atomic E-state index is 12.2. The van der Waals surface area contributed by atoms with Gasteiger partial charge in [-0.2, -0.15) is 4.72 Å². The molecule has 0 aliphatic carbocycles. The van der Waals surface area contributed by atoms with Gasteiger partial charge in [-0.1, -0.05) is 0 Å². The number of halogens is 1. The molecule has 1 heterocycles. The fourth-order valence-corrected chi connectivity index (χ4v) is 3.90. The number of carboxylic acid groups (broad SMARTS) is 1. The van der Waals surface area contributed by atoms with E-state index in [1.807, 2.05) is 0 Å². The second-order valence-electron chi connectivity index (χ2n) is 4.08. The van der Waals surface area contributed by atoms with Gasteiger partial charge in [0.15, 0.2) is 0 Å². The van der Waals surface area contributed by atoms with E-state index in [1.165, 1.54) is 12.1 Å². The van der Waals surface area contributed by atoms with E-state index in [2.05, 4.69) is 25.4 Å². The molecule has 1 atom stereocenters. The molecule has 0 spiro atoms. The minimum absolute atomic E-state index is 0.155. The van der Waals surface area contributed by atoms with E-state index in [9.17, 15) is 18.0 Å². The van der Waals surface area contributed by atoms with Crippen LogP contribution < -0.4 is 4.72 Å². The highest BCUT2D eigenvalue weighted by atomic mass is 79.9. The average Bonchev–Trinajstić information content (AvgIpc) is 2.74. The number of carbonyl (C=O) groups is 2. The summed E-state index contributed by atoms with van der Waals surface area (Å²) in [4.78, 5) is 21.9. The van der Waals surface area contributed by atoms with Gasteiger partial charge in [-0.25, -0.2) is 13.2 Å². The summed E-state index contributed by atoms with van der Waals surface area (Å²) in [5.41, 5.74) is -0.164. The van der Waals surface area contributed by atoms with E-state index in [0.29, 0.717) is 0 Å². The third-order valence-corrected chi connectivity index (χ3v) is 5.17. The van der Waals surface area contributed by atoms with E-state index in [-0.39, 0.29) is 28.0 Å².